The molecule has 1 heterocycles. The van der Waals surface area contributed by atoms with Gasteiger partial charge in [0.2, 0.25) is 15.9 Å². The highest BCUT2D eigenvalue weighted by atomic mass is 32.2. The number of nitrogen functional groups attached to an aromatic ring is 1. The number of hydrogen-bond donors (Lipinski definition) is 2. The van der Waals surface area contributed by atoms with E-state index in [0.717, 1.165) is 69.4 Å². The number of sulfonamides is 1. The van der Waals surface area contributed by atoms with Crippen LogP contribution in [-0.2, 0) is 14.8 Å². The molecule has 3 N–H and O–H groups in total. The lowest BCUT2D eigenvalue weighted by Crippen LogP contribution is -2.36. The van der Waals surface area contributed by atoms with E-state index in [1.807, 2.05) is 42.5 Å². The highest BCUT2D eigenvalue weighted by Gasteiger charge is 2.24. The first-order chi connectivity index (χ1) is 17.3. The van der Waals surface area contributed by atoms with Gasteiger partial charge in [0.1, 0.15) is 0 Å². The monoisotopic (exact) mass is 504 g/mol. The molecule has 0 radical (unpaired) electrons. The summed E-state index contributed by atoms with van der Waals surface area (Å²) in [5, 5.41) is 5.34. The number of nitrogens with one attached hydrogen (secondary N) is 1. The number of pyridine rings is 1. The first-order valence-corrected chi connectivity index (χ1v) is 14.1. The van der Waals surface area contributed by atoms with Crippen LogP contribution in [0.1, 0.15) is 45.4 Å². The molecule has 0 fully saturated rings. The molecule has 0 spiro atoms. The van der Waals surface area contributed by atoms with Crippen LogP contribution < -0.4 is 15.4 Å². The lowest BCUT2D eigenvalue weighted by atomic mass is 10.1. The Morgan fingerprint density at radius 2 is 1.61 bits per heavy atom. The van der Waals surface area contributed by atoms with Crippen molar-refractivity contribution >= 4 is 60.5 Å². The van der Waals surface area contributed by atoms with Crippen LogP contribution in [0.4, 0.5) is 22.7 Å². The van der Waals surface area contributed by atoms with E-state index >= 15 is 0 Å². The number of carbonyl (C=O) groups excluding carboxylic acids is 1. The molecule has 8 heteroatoms. The summed E-state index contributed by atoms with van der Waals surface area (Å²) in [5.41, 5.74) is 10.2. The first-order valence-electron chi connectivity index (χ1n) is 12.3. The Kier molecular flexibility index (Phi) is 7.74. The molecule has 4 aromatic rings. The number of rotatable bonds is 10. The van der Waals surface area contributed by atoms with Crippen molar-refractivity contribution in [2.75, 3.05) is 21.6 Å². The van der Waals surface area contributed by atoms with Crippen molar-refractivity contribution in [1.29, 1.82) is 0 Å². The lowest BCUT2D eigenvalue weighted by Gasteiger charge is -2.21. The van der Waals surface area contributed by atoms with Gasteiger partial charge in [-0.05, 0) is 55.0 Å². The van der Waals surface area contributed by atoms with Crippen molar-refractivity contribution < 1.29 is 13.2 Å². The SMILES string of the molecule is CCCCCCCC(=O)N(c1ccc(Nc2c3ccccc3nc3cc(N)ccc23)cc1)S(C)(=O)=O. The average molecular weight is 505 g/mol. The summed E-state index contributed by atoms with van der Waals surface area (Å²) in [6.45, 7) is 2.13. The second-order valence-corrected chi connectivity index (χ2v) is 10.9. The minimum Gasteiger partial charge on any atom is -0.399 e. The third kappa shape index (κ3) is 5.76. The van der Waals surface area contributed by atoms with E-state index in [4.69, 9.17) is 10.7 Å². The van der Waals surface area contributed by atoms with E-state index in [9.17, 15) is 13.2 Å². The zero-order valence-electron chi connectivity index (χ0n) is 20.7. The molecule has 36 heavy (non-hydrogen) atoms. The maximum Gasteiger partial charge on any atom is 0.240 e. The van der Waals surface area contributed by atoms with Crippen LogP contribution >= 0.6 is 0 Å². The summed E-state index contributed by atoms with van der Waals surface area (Å²) >= 11 is 0. The summed E-state index contributed by atoms with van der Waals surface area (Å²) in [4.78, 5) is 17.6. The van der Waals surface area contributed by atoms with Gasteiger partial charge in [-0.1, -0.05) is 50.8 Å². The topological polar surface area (TPSA) is 105 Å². The van der Waals surface area contributed by atoms with Gasteiger partial charge in [-0.25, -0.2) is 17.7 Å². The molecule has 188 valence electrons. The highest BCUT2D eigenvalue weighted by Crippen LogP contribution is 2.34. The molecular weight excluding hydrogens is 472 g/mol. The van der Waals surface area contributed by atoms with Gasteiger partial charge in [0.05, 0.1) is 28.7 Å². The smallest absolute Gasteiger partial charge is 0.240 e. The third-order valence-corrected chi connectivity index (χ3v) is 7.21. The summed E-state index contributed by atoms with van der Waals surface area (Å²) in [6.07, 6.45) is 6.14. The van der Waals surface area contributed by atoms with Crippen LogP contribution in [0.5, 0.6) is 0 Å². The second-order valence-electron chi connectivity index (χ2n) is 9.04. The molecule has 0 aliphatic rings. The predicted molar refractivity (Wildman–Crippen MR) is 149 cm³/mol. The molecule has 3 aromatic carbocycles. The van der Waals surface area contributed by atoms with E-state index in [2.05, 4.69) is 12.2 Å². The Hall–Kier alpha value is -3.65. The van der Waals surface area contributed by atoms with Gasteiger partial charge < -0.3 is 11.1 Å². The fourth-order valence-electron chi connectivity index (χ4n) is 4.37. The Labute approximate surface area is 212 Å². The molecule has 0 saturated carbocycles. The molecule has 0 aliphatic carbocycles. The Morgan fingerprint density at radius 1 is 0.917 bits per heavy atom. The quantitative estimate of drug-likeness (QED) is 0.148. The molecule has 0 unspecified atom stereocenters. The third-order valence-electron chi connectivity index (χ3n) is 6.13. The molecule has 7 nitrogen and oxygen atoms in total. The predicted octanol–water partition coefficient (Wildman–Crippen LogP) is 6.37. The number of nitrogens with zero attached hydrogens (tertiary/aromatic N) is 2. The van der Waals surface area contributed by atoms with Gasteiger partial charge in [0, 0.05) is 28.6 Å². The van der Waals surface area contributed by atoms with Crippen molar-refractivity contribution in [3.63, 3.8) is 0 Å². The van der Waals surface area contributed by atoms with Gasteiger partial charge in [0.15, 0.2) is 0 Å². The maximum atomic E-state index is 12.8. The molecule has 1 aromatic heterocycles. The number of carbonyl (C=O) groups is 1. The maximum absolute atomic E-state index is 12.8. The average Bonchev–Trinajstić information content (AvgIpc) is 2.84. The van der Waals surface area contributed by atoms with Crippen LogP contribution in [0.25, 0.3) is 21.8 Å². The van der Waals surface area contributed by atoms with E-state index in [1.165, 1.54) is 0 Å². The van der Waals surface area contributed by atoms with Crippen LogP contribution in [0.3, 0.4) is 0 Å². The van der Waals surface area contributed by atoms with Crippen LogP contribution in [0, 0.1) is 0 Å². The second kappa shape index (κ2) is 11.0. The summed E-state index contributed by atoms with van der Waals surface area (Å²) in [7, 11) is -3.75. The van der Waals surface area contributed by atoms with Gasteiger partial charge in [-0.2, -0.15) is 0 Å². The van der Waals surface area contributed by atoms with Crippen LogP contribution in [0.15, 0.2) is 66.7 Å². The highest BCUT2D eigenvalue weighted by molar-refractivity contribution is 7.92. The minimum atomic E-state index is -3.75. The molecule has 4 rings (SSSR count). The fourth-order valence-corrected chi connectivity index (χ4v) is 5.34. The number of fused-ring (bicyclic) bond motifs is 2. The number of anilines is 4. The Morgan fingerprint density at radius 3 is 2.33 bits per heavy atom. The van der Waals surface area contributed by atoms with Gasteiger partial charge in [0.25, 0.3) is 0 Å². The summed E-state index contributed by atoms with van der Waals surface area (Å²) < 4.78 is 25.9. The molecule has 0 saturated heterocycles. The number of hydrogen-bond acceptors (Lipinski definition) is 6. The lowest BCUT2D eigenvalue weighted by molar-refractivity contribution is -0.117. The zero-order valence-corrected chi connectivity index (χ0v) is 21.5. The Bertz CT molecular complexity index is 1480. The van der Waals surface area contributed by atoms with Crippen molar-refractivity contribution in [3.05, 3.63) is 66.7 Å². The molecular formula is C28H32N4O3S. The summed E-state index contributed by atoms with van der Waals surface area (Å²) in [5.74, 6) is -0.404. The number of benzene rings is 3. The number of amides is 1. The molecule has 0 bridgehead atoms. The molecule has 0 aliphatic heterocycles. The normalized spacial score (nSPS) is 11.6. The van der Waals surface area contributed by atoms with Crippen LogP contribution in [-0.4, -0.2) is 25.6 Å². The van der Waals surface area contributed by atoms with Gasteiger partial charge >= 0.3 is 0 Å². The van der Waals surface area contributed by atoms with Crippen molar-refractivity contribution in [2.24, 2.45) is 0 Å². The number of para-hydroxylation sites is 1. The number of nitrogens with two attached hydrogens (primary N) is 1. The van der Waals surface area contributed by atoms with Crippen molar-refractivity contribution in [1.82, 2.24) is 4.98 Å². The zero-order chi connectivity index (χ0) is 25.7. The fraction of sp³-hybridized carbons (Fsp3) is 0.286. The van der Waals surface area contributed by atoms with E-state index in [0.29, 0.717) is 17.8 Å². The molecule has 1 amide bonds. The first kappa shape index (κ1) is 25.4. The van der Waals surface area contributed by atoms with Crippen molar-refractivity contribution in [3.8, 4) is 0 Å². The number of unbranched alkanes of at least 4 members (excludes halogenated alkanes) is 4. The van der Waals surface area contributed by atoms with E-state index in [1.54, 1.807) is 24.3 Å². The van der Waals surface area contributed by atoms with Gasteiger partial charge in [-0.15, -0.1) is 0 Å². The molecule has 0 atom stereocenters. The van der Waals surface area contributed by atoms with E-state index in [-0.39, 0.29) is 6.42 Å². The van der Waals surface area contributed by atoms with Crippen LogP contribution in [0.2, 0.25) is 0 Å². The van der Waals surface area contributed by atoms with Crippen molar-refractivity contribution in [2.45, 2.75) is 45.4 Å². The van der Waals surface area contributed by atoms with Gasteiger partial charge in [-0.3, -0.25) is 4.79 Å². The largest absolute Gasteiger partial charge is 0.399 e. The summed E-state index contributed by atoms with van der Waals surface area (Å²) in [6, 6.07) is 20.3. The standard InChI is InChI=1S/C28H32N4O3S/c1-3-4-5-6-7-12-27(33)32(36(2,34)35)22-16-14-21(15-17-22)30-28-23-10-8-9-11-25(23)31-26-19-20(29)13-18-24(26)28/h8-11,13-19H,3-7,12,29H2,1-2H3,(H,30,31). The number of aromatic nitrogens is 1. The minimum absolute atomic E-state index is 0.203. The Balaban J connectivity index is 1.61. The van der Waals surface area contributed by atoms with E-state index < -0.39 is 15.9 Å².